The topological polar surface area (TPSA) is 120 Å². The minimum Gasteiger partial charge on any atom is -0.480 e. The maximum absolute atomic E-state index is 12.9. The molecular formula is C25H23N5O5S. The van der Waals surface area contributed by atoms with Gasteiger partial charge in [-0.3, -0.25) is 14.9 Å². The van der Waals surface area contributed by atoms with Crippen LogP contribution in [0.5, 0.6) is 17.2 Å². The van der Waals surface area contributed by atoms with Gasteiger partial charge in [0.05, 0.1) is 0 Å². The summed E-state index contributed by atoms with van der Waals surface area (Å²) in [4.78, 5) is 31.3. The number of thiazole rings is 1. The Balaban J connectivity index is 1.39. The van der Waals surface area contributed by atoms with Gasteiger partial charge < -0.3 is 18.8 Å². The fourth-order valence-electron chi connectivity index (χ4n) is 3.80. The summed E-state index contributed by atoms with van der Waals surface area (Å²) < 4.78 is 17.5. The standard InChI is InChI=1S/C25H23N5O5S/c1-3-30-10-8-21(24(30)32)35-20-13-17(22(31)27-25-26-9-11-36-25)12-19(14-20)34-18-6-4-16(5-7-18)23-29-28-15(2)33-23/h4-7,9,11-14,21H,3,8,10H2,1-2H3,(H,26,27,31)/t21-/m1/s1. The molecule has 1 saturated heterocycles. The maximum atomic E-state index is 12.9. The van der Waals surface area contributed by atoms with Gasteiger partial charge in [-0.25, -0.2) is 4.98 Å². The Kier molecular flexibility index (Phi) is 6.63. The highest BCUT2D eigenvalue weighted by Crippen LogP contribution is 2.31. The molecule has 2 aromatic carbocycles. The molecule has 10 nitrogen and oxygen atoms in total. The number of likely N-dealkylation sites (tertiary alicyclic amines) is 1. The van der Waals surface area contributed by atoms with Gasteiger partial charge in [-0.15, -0.1) is 21.5 Å². The number of ether oxygens (including phenoxy) is 2. The molecule has 0 bridgehead atoms. The van der Waals surface area contributed by atoms with Crippen LogP contribution in [0.4, 0.5) is 5.13 Å². The van der Waals surface area contributed by atoms with E-state index in [0.29, 0.717) is 59.2 Å². The summed E-state index contributed by atoms with van der Waals surface area (Å²) >= 11 is 1.31. The average molecular weight is 506 g/mol. The average Bonchev–Trinajstić information content (AvgIpc) is 3.62. The van der Waals surface area contributed by atoms with Crippen molar-refractivity contribution >= 4 is 28.3 Å². The van der Waals surface area contributed by atoms with Crippen molar-refractivity contribution in [1.82, 2.24) is 20.1 Å². The molecule has 0 unspecified atom stereocenters. The number of rotatable bonds is 8. The first-order valence-electron chi connectivity index (χ1n) is 11.4. The van der Waals surface area contributed by atoms with Crippen LogP contribution in [0.2, 0.25) is 0 Å². The van der Waals surface area contributed by atoms with Crippen LogP contribution in [0.15, 0.2) is 58.5 Å². The molecular weight excluding hydrogens is 482 g/mol. The van der Waals surface area contributed by atoms with E-state index in [1.54, 1.807) is 65.9 Å². The first kappa shape index (κ1) is 23.5. The maximum Gasteiger partial charge on any atom is 0.263 e. The molecule has 3 heterocycles. The molecule has 1 fully saturated rings. The number of anilines is 1. The van der Waals surface area contributed by atoms with Gasteiger partial charge in [0, 0.05) is 55.2 Å². The largest absolute Gasteiger partial charge is 0.480 e. The summed E-state index contributed by atoms with van der Waals surface area (Å²) in [5, 5.41) is 12.9. The number of aryl methyl sites for hydroxylation is 1. The smallest absolute Gasteiger partial charge is 0.263 e. The van der Waals surface area contributed by atoms with E-state index in [1.807, 2.05) is 6.92 Å². The second-order valence-electron chi connectivity index (χ2n) is 8.05. The van der Waals surface area contributed by atoms with Crippen molar-refractivity contribution in [3.05, 3.63) is 65.5 Å². The van der Waals surface area contributed by atoms with E-state index in [2.05, 4.69) is 20.5 Å². The second kappa shape index (κ2) is 10.2. The third-order valence-electron chi connectivity index (χ3n) is 5.57. The highest BCUT2D eigenvalue weighted by atomic mass is 32.1. The fraction of sp³-hybridized carbons (Fsp3) is 0.240. The van der Waals surface area contributed by atoms with Crippen LogP contribution in [0.3, 0.4) is 0 Å². The third-order valence-corrected chi connectivity index (χ3v) is 6.25. The van der Waals surface area contributed by atoms with Crippen molar-refractivity contribution in [3.8, 4) is 28.7 Å². The monoisotopic (exact) mass is 505 g/mol. The molecule has 36 heavy (non-hydrogen) atoms. The predicted octanol–water partition coefficient (Wildman–Crippen LogP) is 4.55. The van der Waals surface area contributed by atoms with E-state index in [1.165, 1.54) is 11.3 Å². The van der Waals surface area contributed by atoms with E-state index in [4.69, 9.17) is 13.9 Å². The minimum absolute atomic E-state index is 0.0653. The molecule has 0 spiro atoms. The summed E-state index contributed by atoms with van der Waals surface area (Å²) in [5.41, 5.74) is 1.07. The zero-order chi connectivity index (χ0) is 25.1. The van der Waals surface area contributed by atoms with Crippen molar-refractivity contribution < 1.29 is 23.5 Å². The second-order valence-corrected chi connectivity index (χ2v) is 8.94. The van der Waals surface area contributed by atoms with Crippen LogP contribution in [0.25, 0.3) is 11.5 Å². The Bertz CT molecular complexity index is 1370. The first-order chi connectivity index (χ1) is 17.5. The van der Waals surface area contributed by atoms with Crippen LogP contribution in [0, 0.1) is 6.92 Å². The van der Waals surface area contributed by atoms with E-state index in [0.717, 1.165) is 5.56 Å². The fourth-order valence-corrected chi connectivity index (χ4v) is 4.32. The third kappa shape index (κ3) is 5.20. The Morgan fingerprint density at radius 2 is 1.97 bits per heavy atom. The highest BCUT2D eigenvalue weighted by molar-refractivity contribution is 7.13. The molecule has 2 aromatic heterocycles. The Hall–Kier alpha value is -4.25. The van der Waals surface area contributed by atoms with Crippen molar-refractivity contribution in [3.63, 3.8) is 0 Å². The van der Waals surface area contributed by atoms with Crippen LogP contribution >= 0.6 is 11.3 Å². The van der Waals surface area contributed by atoms with Gasteiger partial charge in [0.1, 0.15) is 17.2 Å². The number of nitrogens with one attached hydrogen (secondary N) is 1. The number of hydrogen-bond acceptors (Lipinski definition) is 9. The van der Waals surface area contributed by atoms with Gasteiger partial charge in [-0.05, 0) is 43.3 Å². The van der Waals surface area contributed by atoms with Crippen molar-refractivity contribution in [1.29, 1.82) is 0 Å². The van der Waals surface area contributed by atoms with Gasteiger partial charge in [-0.2, -0.15) is 0 Å². The minimum atomic E-state index is -0.604. The molecule has 0 saturated carbocycles. The lowest BCUT2D eigenvalue weighted by molar-refractivity contribution is -0.133. The number of aromatic nitrogens is 3. The summed E-state index contributed by atoms with van der Waals surface area (Å²) in [7, 11) is 0. The molecule has 0 aliphatic carbocycles. The normalized spacial score (nSPS) is 15.2. The molecule has 1 N–H and O–H groups in total. The summed E-state index contributed by atoms with van der Waals surface area (Å²) in [6, 6.07) is 12.0. The first-order valence-corrected chi connectivity index (χ1v) is 12.3. The van der Waals surface area contributed by atoms with Crippen LogP contribution in [0.1, 0.15) is 29.6 Å². The lowest BCUT2D eigenvalue weighted by Gasteiger charge is -2.16. The molecule has 1 aliphatic heterocycles. The molecule has 4 aromatic rings. The number of hydrogen-bond donors (Lipinski definition) is 1. The number of carbonyl (C=O) groups is 2. The molecule has 0 radical (unpaired) electrons. The van der Waals surface area contributed by atoms with Crippen LogP contribution in [-0.2, 0) is 4.79 Å². The molecule has 2 amide bonds. The van der Waals surface area contributed by atoms with Crippen molar-refractivity contribution in [2.75, 3.05) is 18.4 Å². The summed E-state index contributed by atoms with van der Waals surface area (Å²) in [6.45, 7) is 4.92. The van der Waals surface area contributed by atoms with E-state index in [-0.39, 0.29) is 11.8 Å². The van der Waals surface area contributed by atoms with Crippen molar-refractivity contribution in [2.45, 2.75) is 26.4 Å². The SMILES string of the molecule is CCN1CC[C@@H](Oc2cc(Oc3ccc(-c4nnc(C)o4)cc3)cc(C(=O)Nc3nccs3)c2)C1=O. The summed E-state index contributed by atoms with van der Waals surface area (Å²) in [6.07, 6.45) is 1.58. The zero-order valence-corrected chi connectivity index (χ0v) is 20.4. The molecule has 1 atom stereocenters. The lowest BCUT2D eigenvalue weighted by Crippen LogP contribution is -2.32. The Morgan fingerprint density at radius 1 is 1.17 bits per heavy atom. The lowest BCUT2D eigenvalue weighted by atomic mass is 10.1. The van der Waals surface area contributed by atoms with Crippen LogP contribution in [-0.4, -0.2) is 51.1 Å². The summed E-state index contributed by atoms with van der Waals surface area (Å²) in [5.74, 6) is 1.75. The molecule has 11 heteroatoms. The number of benzene rings is 2. The number of carbonyl (C=O) groups excluding carboxylic acids is 2. The van der Waals surface area contributed by atoms with Gasteiger partial charge in [0.25, 0.3) is 11.8 Å². The molecule has 1 aliphatic rings. The Morgan fingerprint density at radius 3 is 2.64 bits per heavy atom. The van der Waals surface area contributed by atoms with Gasteiger partial charge in [-0.1, -0.05) is 0 Å². The number of nitrogens with zero attached hydrogens (tertiary/aromatic N) is 4. The van der Waals surface area contributed by atoms with Gasteiger partial charge >= 0.3 is 0 Å². The predicted molar refractivity (Wildman–Crippen MR) is 132 cm³/mol. The van der Waals surface area contributed by atoms with Crippen molar-refractivity contribution in [2.24, 2.45) is 0 Å². The molecule has 5 rings (SSSR count). The van der Waals surface area contributed by atoms with E-state index >= 15 is 0 Å². The van der Waals surface area contributed by atoms with Gasteiger partial charge in [0.15, 0.2) is 11.2 Å². The quantitative estimate of drug-likeness (QED) is 0.370. The molecule has 184 valence electrons. The van der Waals surface area contributed by atoms with E-state index < -0.39 is 6.10 Å². The van der Waals surface area contributed by atoms with Gasteiger partial charge in [0.2, 0.25) is 11.8 Å². The van der Waals surface area contributed by atoms with E-state index in [9.17, 15) is 9.59 Å². The Labute approximate surface area is 210 Å². The van der Waals surface area contributed by atoms with Crippen LogP contribution < -0.4 is 14.8 Å². The highest BCUT2D eigenvalue weighted by Gasteiger charge is 2.32. The number of amides is 2. The zero-order valence-electron chi connectivity index (χ0n) is 19.6. The number of likely N-dealkylation sites (N-methyl/N-ethyl adjacent to an activating group) is 1.